The summed E-state index contributed by atoms with van der Waals surface area (Å²) in [5.74, 6) is 1.95. The fourth-order valence-corrected chi connectivity index (χ4v) is 3.15. The highest BCUT2D eigenvalue weighted by atomic mass is 16.5. The second kappa shape index (κ2) is 5.73. The second-order valence-corrected chi connectivity index (χ2v) is 6.25. The molecule has 0 atom stereocenters. The summed E-state index contributed by atoms with van der Waals surface area (Å²) in [5, 5.41) is 9.04. The largest absolute Gasteiger partial charge is 0.486 e. The van der Waals surface area contributed by atoms with Gasteiger partial charge in [0, 0.05) is 7.05 Å². The molecule has 0 amide bonds. The summed E-state index contributed by atoms with van der Waals surface area (Å²) in [4.78, 5) is 12.5. The van der Waals surface area contributed by atoms with Gasteiger partial charge in [-0.25, -0.2) is 0 Å². The molecule has 0 N–H and O–H groups in total. The molecule has 0 spiro atoms. The molecule has 25 heavy (non-hydrogen) atoms. The number of para-hydroxylation sites is 1. The maximum atomic E-state index is 12.5. The van der Waals surface area contributed by atoms with Crippen molar-refractivity contribution in [1.29, 1.82) is 0 Å². The number of aryl methyl sites for hydroxylation is 3. The Kier molecular flexibility index (Phi) is 3.53. The highest BCUT2D eigenvalue weighted by Crippen LogP contribution is 2.19. The van der Waals surface area contributed by atoms with Gasteiger partial charge in [0.1, 0.15) is 12.4 Å². The topological polar surface area (TPSA) is 61.4 Å². The fraction of sp³-hybridized carbons (Fsp3) is 0.211. The van der Waals surface area contributed by atoms with Crippen LogP contribution in [0.3, 0.4) is 0 Å². The smallest absolute Gasteiger partial charge is 0.262 e. The molecule has 0 fully saturated rings. The quantitative estimate of drug-likeness (QED) is 0.578. The lowest BCUT2D eigenvalue weighted by atomic mass is 10.1. The molecule has 126 valence electrons. The third-order valence-corrected chi connectivity index (χ3v) is 4.26. The van der Waals surface area contributed by atoms with Gasteiger partial charge in [0.05, 0.1) is 10.9 Å². The van der Waals surface area contributed by atoms with Crippen LogP contribution in [-0.4, -0.2) is 19.2 Å². The van der Waals surface area contributed by atoms with Crippen LogP contribution in [0.1, 0.15) is 17.0 Å². The molecule has 0 unspecified atom stereocenters. The van der Waals surface area contributed by atoms with Gasteiger partial charge in [-0.2, -0.15) is 0 Å². The van der Waals surface area contributed by atoms with Crippen LogP contribution >= 0.6 is 0 Å². The minimum absolute atomic E-state index is 0.0859. The molecule has 0 aliphatic heterocycles. The second-order valence-electron chi connectivity index (χ2n) is 6.25. The first-order chi connectivity index (χ1) is 12.0. The number of benzene rings is 2. The first-order valence-corrected chi connectivity index (χ1v) is 8.07. The lowest BCUT2D eigenvalue weighted by Gasteiger charge is -2.09. The molecule has 2 aromatic heterocycles. The van der Waals surface area contributed by atoms with E-state index in [1.54, 1.807) is 7.05 Å². The molecule has 2 aromatic carbocycles. The van der Waals surface area contributed by atoms with Gasteiger partial charge in [-0.15, -0.1) is 10.2 Å². The molecule has 6 heteroatoms. The van der Waals surface area contributed by atoms with E-state index in [9.17, 15) is 4.79 Å². The van der Waals surface area contributed by atoms with E-state index in [1.807, 2.05) is 54.6 Å². The first-order valence-electron chi connectivity index (χ1n) is 8.07. The van der Waals surface area contributed by atoms with Gasteiger partial charge >= 0.3 is 0 Å². The Balaban J connectivity index is 1.82. The number of hydrogen-bond acceptors (Lipinski definition) is 4. The van der Waals surface area contributed by atoms with Crippen LogP contribution in [0.2, 0.25) is 0 Å². The molecule has 0 saturated heterocycles. The Hall–Kier alpha value is -3.15. The fourth-order valence-electron chi connectivity index (χ4n) is 3.15. The molecule has 0 saturated carbocycles. The molecule has 4 rings (SSSR count). The van der Waals surface area contributed by atoms with Crippen LogP contribution in [0, 0.1) is 13.8 Å². The molecule has 0 radical (unpaired) electrons. The van der Waals surface area contributed by atoms with Crippen molar-refractivity contribution < 1.29 is 4.74 Å². The predicted molar refractivity (Wildman–Crippen MR) is 96.0 cm³/mol. The van der Waals surface area contributed by atoms with Crippen molar-refractivity contribution in [1.82, 2.24) is 19.2 Å². The summed E-state index contributed by atoms with van der Waals surface area (Å²) in [6, 6.07) is 13.5. The average Bonchev–Trinajstić information content (AvgIpc) is 3.01. The molecular weight excluding hydrogens is 316 g/mol. The van der Waals surface area contributed by atoms with Crippen molar-refractivity contribution in [3.05, 3.63) is 69.8 Å². The Labute approximate surface area is 144 Å². The van der Waals surface area contributed by atoms with Crippen LogP contribution in [0.25, 0.3) is 16.7 Å². The Morgan fingerprint density at radius 3 is 2.52 bits per heavy atom. The summed E-state index contributed by atoms with van der Waals surface area (Å²) < 4.78 is 9.31. The molecule has 0 aliphatic carbocycles. The zero-order valence-electron chi connectivity index (χ0n) is 14.4. The van der Waals surface area contributed by atoms with Gasteiger partial charge in [-0.3, -0.25) is 13.8 Å². The summed E-state index contributed by atoms with van der Waals surface area (Å²) in [7, 11) is 1.70. The van der Waals surface area contributed by atoms with Gasteiger partial charge in [0.15, 0.2) is 5.82 Å². The zero-order chi connectivity index (χ0) is 17.6. The molecule has 2 heterocycles. The summed E-state index contributed by atoms with van der Waals surface area (Å²) in [6.45, 7) is 4.34. The van der Waals surface area contributed by atoms with Gasteiger partial charge in [-0.1, -0.05) is 18.2 Å². The lowest BCUT2D eigenvalue weighted by Crippen LogP contribution is -2.20. The Bertz CT molecular complexity index is 1140. The number of rotatable bonds is 3. The van der Waals surface area contributed by atoms with Gasteiger partial charge in [0.2, 0.25) is 5.78 Å². The summed E-state index contributed by atoms with van der Waals surface area (Å²) >= 11 is 0. The molecule has 6 nitrogen and oxygen atoms in total. The SMILES string of the molecule is Cc1cc(C)cc(OCc2nnc3n(C)c(=O)c4ccccc4n23)c1. The first kappa shape index (κ1) is 15.4. The molecule has 4 aromatic rings. The number of fused-ring (bicyclic) bond motifs is 3. The highest BCUT2D eigenvalue weighted by molar-refractivity contribution is 5.80. The zero-order valence-corrected chi connectivity index (χ0v) is 14.4. The molecule has 0 bridgehead atoms. The van der Waals surface area contributed by atoms with Crippen LogP contribution in [0.15, 0.2) is 47.3 Å². The summed E-state index contributed by atoms with van der Waals surface area (Å²) in [5.41, 5.74) is 2.99. The van der Waals surface area contributed by atoms with Crippen molar-refractivity contribution in [3.63, 3.8) is 0 Å². The lowest BCUT2D eigenvalue weighted by molar-refractivity contribution is 0.294. The average molecular weight is 334 g/mol. The molecular formula is C19H18N4O2. The summed E-state index contributed by atoms with van der Waals surface area (Å²) in [6.07, 6.45) is 0. The van der Waals surface area contributed by atoms with E-state index in [0.717, 1.165) is 22.4 Å². The Morgan fingerprint density at radius 1 is 1.04 bits per heavy atom. The van der Waals surface area contributed by atoms with E-state index in [-0.39, 0.29) is 12.2 Å². The number of hydrogen-bond donors (Lipinski definition) is 0. The molecule has 0 aliphatic rings. The number of nitrogens with zero attached hydrogens (tertiary/aromatic N) is 4. The van der Waals surface area contributed by atoms with Crippen LogP contribution < -0.4 is 10.3 Å². The minimum Gasteiger partial charge on any atom is -0.486 e. The van der Waals surface area contributed by atoms with E-state index in [4.69, 9.17) is 4.74 Å². The van der Waals surface area contributed by atoms with Crippen LogP contribution in [0.5, 0.6) is 5.75 Å². The van der Waals surface area contributed by atoms with E-state index < -0.39 is 0 Å². The van der Waals surface area contributed by atoms with Crippen molar-refractivity contribution in [3.8, 4) is 5.75 Å². The standard InChI is InChI=1S/C19H18N4O2/c1-12-8-13(2)10-14(9-12)25-11-17-20-21-19-22(3)18(24)15-6-4-5-7-16(15)23(17)19/h4-10H,11H2,1-3H3. The normalized spacial score (nSPS) is 11.3. The van der Waals surface area contributed by atoms with Crippen LogP contribution in [-0.2, 0) is 13.7 Å². The highest BCUT2D eigenvalue weighted by Gasteiger charge is 2.14. The number of ether oxygens (including phenoxy) is 1. The Morgan fingerprint density at radius 2 is 1.76 bits per heavy atom. The predicted octanol–water partition coefficient (Wildman–Crippen LogP) is 2.78. The maximum Gasteiger partial charge on any atom is 0.262 e. The minimum atomic E-state index is -0.0859. The van der Waals surface area contributed by atoms with Gasteiger partial charge in [0.25, 0.3) is 5.56 Å². The number of aromatic nitrogens is 4. The van der Waals surface area contributed by atoms with E-state index in [0.29, 0.717) is 17.0 Å². The van der Waals surface area contributed by atoms with E-state index in [1.165, 1.54) is 4.57 Å². The third kappa shape index (κ3) is 2.55. The van der Waals surface area contributed by atoms with Crippen molar-refractivity contribution in [2.75, 3.05) is 0 Å². The van der Waals surface area contributed by atoms with Gasteiger partial charge in [-0.05, 0) is 49.2 Å². The monoisotopic (exact) mass is 334 g/mol. The van der Waals surface area contributed by atoms with E-state index >= 15 is 0 Å². The third-order valence-electron chi connectivity index (χ3n) is 4.26. The van der Waals surface area contributed by atoms with Crippen molar-refractivity contribution in [2.45, 2.75) is 20.5 Å². The maximum absolute atomic E-state index is 12.5. The van der Waals surface area contributed by atoms with Crippen molar-refractivity contribution in [2.24, 2.45) is 7.05 Å². The van der Waals surface area contributed by atoms with E-state index in [2.05, 4.69) is 16.3 Å². The van der Waals surface area contributed by atoms with Crippen LogP contribution in [0.4, 0.5) is 0 Å². The van der Waals surface area contributed by atoms with Crippen molar-refractivity contribution >= 4 is 16.7 Å². The van der Waals surface area contributed by atoms with Gasteiger partial charge < -0.3 is 4.74 Å².